The van der Waals surface area contributed by atoms with Crippen molar-refractivity contribution >= 4 is 5.97 Å². The van der Waals surface area contributed by atoms with Gasteiger partial charge in [-0.15, -0.1) is 0 Å². The topological polar surface area (TPSA) is 60.8 Å². The first-order valence-corrected chi connectivity index (χ1v) is 12.7. The minimum atomic E-state index is -0.990. The molecule has 3 aromatic rings. The highest BCUT2D eigenvalue weighted by molar-refractivity contribution is 5.80. The molecule has 1 fully saturated rings. The number of hydrogen-bond donors (Lipinski definition) is 2. The summed E-state index contributed by atoms with van der Waals surface area (Å²) in [6.45, 7) is 6.19. The normalized spacial score (nSPS) is 15.2. The van der Waals surface area contributed by atoms with Crippen LogP contribution in [0.25, 0.3) is 0 Å². The second-order valence-electron chi connectivity index (χ2n) is 10.2. The number of likely N-dealkylation sites (tertiary alicyclic amines) is 1. The number of carboxylic acid groups (broad SMARTS) is 1. The Labute approximate surface area is 214 Å². The van der Waals surface area contributed by atoms with E-state index in [-0.39, 0.29) is 5.92 Å². The van der Waals surface area contributed by atoms with Crippen molar-refractivity contribution in [3.05, 3.63) is 107 Å². The van der Waals surface area contributed by atoms with Crippen LogP contribution in [0.1, 0.15) is 55.4 Å². The minimum Gasteiger partial charge on any atom is -0.481 e. The van der Waals surface area contributed by atoms with Gasteiger partial charge in [-0.2, -0.15) is 0 Å². The Bertz CT molecular complexity index is 1160. The number of carbonyl (C=O) groups is 1. The number of benzene rings is 3. The third kappa shape index (κ3) is 5.54. The summed E-state index contributed by atoms with van der Waals surface area (Å²) in [6.07, 6.45) is 2.62. The molecule has 36 heavy (non-hydrogen) atoms. The third-order valence-corrected chi connectivity index (χ3v) is 7.53. The first kappa shape index (κ1) is 25.7. The van der Waals surface area contributed by atoms with Crippen LogP contribution in [0.5, 0.6) is 0 Å². The number of aliphatic carboxylic acids is 1. The lowest BCUT2D eigenvalue weighted by Crippen LogP contribution is -2.44. The highest BCUT2D eigenvalue weighted by Gasteiger charge is 2.41. The SMILES string of the molecule is CC(C)(C(=O)O)c1ccc(C#CCCN2CCC(C(O)(c3ccccc3)c3ccccc3)CC2)cc1. The van der Waals surface area contributed by atoms with Gasteiger partial charge in [-0.1, -0.05) is 84.6 Å². The predicted octanol–water partition coefficient (Wildman–Crippen LogP) is 5.44. The lowest BCUT2D eigenvalue weighted by Gasteiger charge is -2.42. The van der Waals surface area contributed by atoms with Gasteiger partial charge in [0.2, 0.25) is 0 Å². The molecule has 0 amide bonds. The fraction of sp³-hybridized carbons (Fsp3) is 0.344. The maximum atomic E-state index is 12.0. The molecule has 0 atom stereocenters. The number of rotatable bonds is 7. The van der Waals surface area contributed by atoms with Gasteiger partial charge in [0.25, 0.3) is 0 Å². The van der Waals surface area contributed by atoms with Crippen LogP contribution >= 0.6 is 0 Å². The van der Waals surface area contributed by atoms with E-state index in [9.17, 15) is 15.0 Å². The molecule has 0 saturated carbocycles. The summed E-state index contributed by atoms with van der Waals surface area (Å²) in [4.78, 5) is 13.9. The molecular formula is C32H35NO3. The Hall–Kier alpha value is -3.39. The molecule has 4 rings (SSSR count). The van der Waals surface area contributed by atoms with Gasteiger partial charge >= 0.3 is 5.97 Å². The maximum Gasteiger partial charge on any atom is 0.313 e. The van der Waals surface area contributed by atoms with E-state index in [1.807, 2.05) is 84.9 Å². The molecule has 1 heterocycles. The Balaban J connectivity index is 1.34. The average molecular weight is 482 g/mol. The summed E-state index contributed by atoms with van der Waals surface area (Å²) in [5, 5.41) is 21.4. The van der Waals surface area contributed by atoms with Crippen LogP contribution in [-0.2, 0) is 15.8 Å². The second kappa shape index (κ2) is 11.1. The van der Waals surface area contributed by atoms with E-state index in [1.165, 1.54) is 0 Å². The van der Waals surface area contributed by atoms with Crippen molar-refractivity contribution < 1.29 is 15.0 Å². The fourth-order valence-corrected chi connectivity index (χ4v) is 5.07. The van der Waals surface area contributed by atoms with Crippen molar-refractivity contribution in [2.24, 2.45) is 5.92 Å². The zero-order chi connectivity index (χ0) is 25.6. The summed E-state index contributed by atoms with van der Waals surface area (Å²) in [5.41, 5.74) is 1.68. The summed E-state index contributed by atoms with van der Waals surface area (Å²) < 4.78 is 0. The molecule has 0 unspecified atom stereocenters. The predicted molar refractivity (Wildman–Crippen MR) is 144 cm³/mol. The van der Waals surface area contributed by atoms with E-state index >= 15 is 0 Å². The maximum absolute atomic E-state index is 12.0. The molecule has 0 radical (unpaired) electrons. The van der Waals surface area contributed by atoms with Gasteiger partial charge in [0.15, 0.2) is 0 Å². The van der Waals surface area contributed by atoms with Crippen molar-refractivity contribution in [2.75, 3.05) is 19.6 Å². The second-order valence-corrected chi connectivity index (χ2v) is 10.2. The van der Waals surface area contributed by atoms with Crippen molar-refractivity contribution in [2.45, 2.75) is 44.1 Å². The van der Waals surface area contributed by atoms with Crippen molar-refractivity contribution in [1.82, 2.24) is 4.90 Å². The van der Waals surface area contributed by atoms with Crippen molar-refractivity contribution in [3.8, 4) is 11.8 Å². The highest BCUT2D eigenvalue weighted by atomic mass is 16.4. The molecule has 0 spiro atoms. The van der Waals surface area contributed by atoms with Gasteiger partial charge in [0.1, 0.15) is 5.60 Å². The molecule has 3 aromatic carbocycles. The van der Waals surface area contributed by atoms with E-state index < -0.39 is 17.0 Å². The number of carboxylic acids is 1. The van der Waals surface area contributed by atoms with E-state index in [1.54, 1.807) is 13.8 Å². The Morgan fingerprint density at radius 1 is 0.861 bits per heavy atom. The zero-order valence-corrected chi connectivity index (χ0v) is 21.2. The molecule has 0 bridgehead atoms. The molecule has 4 nitrogen and oxygen atoms in total. The Morgan fingerprint density at radius 2 is 1.39 bits per heavy atom. The minimum absolute atomic E-state index is 0.151. The first-order chi connectivity index (χ1) is 17.3. The number of piperidine rings is 1. The molecule has 2 N–H and O–H groups in total. The van der Waals surface area contributed by atoms with Gasteiger partial charge in [-0.05, 0) is 74.5 Å². The lowest BCUT2D eigenvalue weighted by molar-refractivity contribution is -0.142. The molecule has 0 aromatic heterocycles. The monoisotopic (exact) mass is 481 g/mol. The Kier molecular flexibility index (Phi) is 7.94. The van der Waals surface area contributed by atoms with Crippen LogP contribution in [0.2, 0.25) is 0 Å². The largest absolute Gasteiger partial charge is 0.481 e. The number of hydrogen-bond acceptors (Lipinski definition) is 3. The molecule has 186 valence electrons. The van der Waals surface area contributed by atoms with E-state index in [0.29, 0.717) is 0 Å². The summed E-state index contributed by atoms with van der Waals surface area (Å²) in [6, 6.07) is 27.6. The fourth-order valence-electron chi connectivity index (χ4n) is 5.07. The van der Waals surface area contributed by atoms with Gasteiger partial charge in [-0.25, -0.2) is 0 Å². The van der Waals surface area contributed by atoms with E-state index in [0.717, 1.165) is 61.2 Å². The molecule has 1 aliphatic rings. The van der Waals surface area contributed by atoms with E-state index in [4.69, 9.17) is 0 Å². The first-order valence-electron chi connectivity index (χ1n) is 12.7. The summed E-state index contributed by atoms with van der Waals surface area (Å²) >= 11 is 0. The van der Waals surface area contributed by atoms with Crippen LogP contribution in [0, 0.1) is 17.8 Å². The lowest BCUT2D eigenvalue weighted by atomic mass is 9.72. The molecule has 4 heteroatoms. The van der Waals surface area contributed by atoms with Crippen LogP contribution in [-0.4, -0.2) is 40.7 Å². The van der Waals surface area contributed by atoms with Crippen LogP contribution in [0.4, 0.5) is 0 Å². The zero-order valence-electron chi connectivity index (χ0n) is 21.2. The number of aliphatic hydroxyl groups is 1. The van der Waals surface area contributed by atoms with Crippen molar-refractivity contribution in [3.63, 3.8) is 0 Å². The van der Waals surface area contributed by atoms with Crippen LogP contribution in [0.15, 0.2) is 84.9 Å². The van der Waals surface area contributed by atoms with Crippen LogP contribution < -0.4 is 0 Å². The highest BCUT2D eigenvalue weighted by Crippen LogP contribution is 2.41. The van der Waals surface area contributed by atoms with Gasteiger partial charge in [-0.3, -0.25) is 4.79 Å². The van der Waals surface area contributed by atoms with Crippen molar-refractivity contribution in [1.29, 1.82) is 0 Å². The van der Waals surface area contributed by atoms with Gasteiger partial charge < -0.3 is 15.1 Å². The molecular weight excluding hydrogens is 446 g/mol. The third-order valence-electron chi connectivity index (χ3n) is 7.53. The van der Waals surface area contributed by atoms with Gasteiger partial charge in [0, 0.05) is 18.5 Å². The number of nitrogens with zero attached hydrogens (tertiary/aromatic N) is 1. The molecule has 1 saturated heterocycles. The summed E-state index contributed by atoms with van der Waals surface area (Å²) in [5.74, 6) is 5.78. The smallest absolute Gasteiger partial charge is 0.313 e. The van der Waals surface area contributed by atoms with E-state index in [2.05, 4.69) is 16.7 Å². The van der Waals surface area contributed by atoms with Crippen LogP contribution in [0.3, 0.4) is 0 Å². The molecule has 1 aliphatic heterocycles. The molecule has 0 aliphatic carbocycles. The van der Waals surface area contributed by atoms with Gasteiger partial charge in [0.05, 0.1) is 5.41 Å². The standard InChI is InChI=1S/C32H35NO3/c1-31(2,30(34)35)26-18-16-25(17-19-26)11-9-10-22-33-23-20-29(21-24-33)32(36,27-12-5-3-6-13-27)28-14-7-4-8-15-28/h3-8,12-19,29,36H,10,20-24H2,1-2H3,(H,34,35). The average Bonchev–Trinajstić information content (AvgIpc) is 2.92. The quantitative estimate of drug-likeness (QED) is 0.441. The Morgan fingerprint density at radius 3 is 1.89 bits per heavy atom. The summed E-state index contributed by atoms with van der Waals surface area (Å²) in [7, 11) is 0.